The van der Waals surface area contributed by atoms with Gasteiger partial charge in [0.2, 0.25) is 5.91 Å². The van der Waals surface area contributed by atoms with E-state index in [1.807, 2.05) is 16.7 Å². The maximum absolute atomic E-state index is 12.8. The zero-order chi connectivity index (χ0) is 19.4. The Morgan fingerprint density at radius 2 is 1.89 bits per heavy atom. The molecule has 2 saturated heterocycles. The first kappa shape index (κ1) is 19.1. The molecule has 0 unspecified atom stereocenters. The van der Waals surface area contributed by atoms with Gasteiger partial charge in [0.1, 0.15) is 5.56 Å². The van der Waals surface area contributed by atoms with E-state index in [0.717, 1.165) is 38.8 Å². The highest BCUT2D eigenvalue weighted by Crippen LogP contribution is 2.28. The van der Waals surface area contributed by atoms with Gasteiger partial charge < -0.3 is 14.7 Å². The second kappa shape index (κ2) is 8.37. The highest BCUT2D eigenvalue weighted by Gasteiger charge is 2.29. The van der Waals surface area contributed by atoms with Crippen molar-refractivity contribution in [1.29, 1.82) is 0 Å². The van der Waals surface area contributed by atoms with Gasteiger partial charge in [-0.05, 0) is 37.8 Å². The summed E-state index contributed by atoms with van der Waals surface area (Å²) < 4.78 is 0. The lowest BCUT2D eigenvalue weighted by Gasteiger charge is -2.24. The molecule has 0 N–H and O–H groups in total. The van der Waals surface area contributed by atoms with E-state index in [2.05, 4.69) is 0 Å². The molecule has 0 bridgehead atoms. The van der Waals surface area contributed by atoms with E-state index in [-0.39, 0.29) is 29.6 Å². The van der Waals surface area contributed by atoms with Crippen molar-refractivity contribution in [1.82, 2.24) is 9.80 Å². The number of likely N-dealkylation sites (tertiary alicyclic amines) is 1. The summed E-state index contributed by atoms with van der Waals surface area (Å²) in [6.07, 6.45) is 3.59. The van der Waals surface area contributed by atoms with Crippen molar-refractivity contribution in [2.75, 3.05) is 44.2 Å². The van der Waals surface area contributed by atoms with E-state index < -0.39 is 4.92 Å². The lowest BCUT2D eigenvalue weighted by Crippen LogP contribution is -2.37. The molecule has 1 aromatic carbocycles. The van der Waals surface area contributed by atoms with Gasteiger partial charge in [-0.2, -0.15) is 0 Å². The fourth-order valence-corrected chi connectivity index (χ4v) is 3.79. The van der Waals surface area contributed by atoms with Crippen LogP contribution in [0.3, 0.4) is 0 Å². The Bertz CT molecular complexity index is 730. The predicted molar refractivity (Wildman–Crippen MR) is 102 cm³/mol. The third kappa shape index (κ3) is 4.20. The predicted octanol–water partition coefficient (Wildman–Crippen LogP) is 2.28. The Morgan fingerprint density at radius 1 is 1.15 bits per heavy atom. The second-order valence-corrected chi connectivity index (χ2v) is 7.11. The largest absolute Gasteiger partial charge is 0.362 e. The van der Waals surface area contributed by atoms with Crippen LogP contribution in [-0.2, 0) is 4.79 Å². The molecule has 0 saturated carbocycles. The highest BCUT2D eigenvalue weighted by molar-refractivity contribution is 5.99. The van der Waals surface area contributed by atoms with Crippen molar-refractivity contribution in [3.8, 4) is 0 Å². The number of nitrogens with zero attached hydrogens (tertiary/aromatic N) is 4. The van der Waals surface area contributed by atoms with Gasteiger partial charge in [-0.1, -0.05) is 6.92 Å². The van der Waals surface area contributed by atoms with Gasteiger partial charge >= 0.3 is 0 Å². The van der Waals surface area contributed by atoms with Crippen LogP contribution in [0.25, 0.3) is 0 Å². The first-order chi connectivity index (χ1) is 13.0. The molecule has 2 aliphatic heterocycles. The number of carbonyl (C=O) groups excluding carboxylic acids is 2. The molecule has 0 aliphatic carbocycles. The van der Waals surface area contributed by atoms with Crippen LogP contribution in [0.1, 0.15) is 43.0 Å². The molecule has 2 fully saturated rings. The molecule has 8 heteroatoms. The smallest absolute Gasteiger partial charge is 0.282 e. The zero-order valence-corrected chi connectivity index (χ0v) is 15.7. The van der Waals surface area contributed by atoms with Gasteiger partial charge in [-0.15, -0.1) is 0 Å². The number of benzene rings is 1. The summed E-state index contributed by atoms with van der Waals surface area (Å²) in [6, 6.07) is 4.61. The minimum absolute atomic E-state index is 0.0557. The number of hydrogen-bond donors (Lipinski definition) is 0. The van der Waals surface area contributed by atoms with E-state index in [4.69, 9.17) is 0 Å². The molecule has 27 heavy (non-hydrogen) atoms. The highest BCUT2D eigenvalue weighted by atomic mass is 16.6. The molecule has 2 aliphatic rings. The van der Waals surface area contributed by atoms with Crippen molar-refractivity contribution >= 4 is 23.2 Å². The van der Waals surface area contributed by atoms with Gasteiger partial charge in [0, 0.05) is 44.5 Å². The number of rotatable bonds is 5. The molecular formula is C19H26N4O4. The summed E-state index contributed by atoms with van der Waals surface area (Å²) in [5.41, 5.74) is 0.626. The van der Waals surface area contributed by atoms with Crippen LogP contribution < -0.4 is 4.90 Å². The second-order valence-electron chi connectivity index (χ2n) is 7.11. The van der Waals surface area contributed by atoms with E-state index in [1.165, 1.54) is 6.07 Å². The summed E-state index contributed by atoms with van der Waals surface area (Å²) in [4.78, 5) is 41.6. The Balaban J connectivity index is 1.87. The van der Waals surface area contributed by atoms with Crippen LogP contribution >= 0.6 is 0 Å². The standard InChI is InChI=1S/C19H26N4O4/c1-2-8-20-11-5-12-22(14-18(20)24)15-6-7-17(23(26)27)16(13-15)19(25)21-9-3-4-10-21/h6-7,13H,2-5,8-12,14H2,1H3. The van der Waals surface area contributed by atoms with Gasteiger partial charge in [-0.25, -0.2) is 0 Å². The normalized spacial score (nSPS) is 18.0. The van der Waals surface area contributed by atoms with E-state index in [0.29, 0.717) is 25.3 Å². The first-order valence-corrected chi connectivity index (χ1v) is 9.61. The number of nitro benzene ring substituents is 1. The number of amides is 2. The van der Waals surface area contributed by atoms with Crippen LogP contribution in [0.4, 0.5) is 11.4 Å². The average molecular weight is 374 g/mol. The van der Waals surface area contributed by atoms with Crippen molar-refractivity contribution < 1.29 is 14.5 Å². The van der Waals surface area contributed by atoms with Crippen molar-refractivity contribution in [2.45, 2.75) is 32.6 Å². The molecule has 2 amide bonds. The van der Waals surface area contributed by atoms with Crippen molar-refractivity contribution in [3.05, 3.63) is 33.9 Å². The van der Waals surface area contributed by atoms with Crippen LogP contribution in [-0.4, -0.2) is 65.8 Å². The van der Waals surface area contributed by atoms with E-state index in [1.54, 1.807) is 17.0 Å². The SMILES string of the molecule is CCCN1CCCN(c2ccc([N+](=O)[O-])c(C(=O)N3CCCC3)c2)CC1=O. The summed E-state index contributed by atoms with van der Waals surface area (Å²) in [5, 5.41) is 11.4. The average Bonchev–Trinajstić information content (AvgIpc) is 3.13. The van der Waals surface area contributed by atoms with Crippen LogP contribution in [0.15, 0.2) is 18.2 Å². The van der Waals surface area contributed by atoms with E-state index >= 15 is 0 Å². The molecule has 0 spiro atoms. The summed E-state index contributed by atoms with van der Waals surface area (Å²) in [5.74, 6) is -0.241. The summed E-state index contributed by atoms with van der Waals surface area (Å²) >= 11 is 0. The number of carbonyl (C=O) groups is 2. The molecule has 1 aromatic rings. The lowest BCUT2D eigenvalue weighted by molar-refractivity contribution is -0.385. The fourth-order valence-electron chi connectivity index (χ4n) is 3.79. The molecular weight excluding hydrogens is 348 g/mol. The number of hydrogen-bond acceptors (Lipinski definition) is 5. The summed E-state index contributed by atoms with van der Waals surface area (Å²) in [6.45, 7) is 5.68. The zero-order valence-electron chi connectivity index (χ0n) is 15.7. The monoisotopic (exact) mass is 374 g/mol. The molecule has 0 aromatic heterocycles. The Kier molecular flexibility index (Phi) is 5.93. The fraction of sp³-hybridized carbons (Fsp3) is 0.579. The minimum Gasteiger partial charge on any atom is -0.362 e. The molecule has 146 valence electrons. The van der Waals surface area contributed by atoms with Crippen LogP contribution in [0.2, 0.25) is 0 Å². The van der Waals surface area contributed by atoms with Gasteiger partial charge in [0.25, 0.3) is 11.6 Å². The van der Waals surface area contributed by atoms with Gasteiger partial charge in [0.05, 0.1) is 11.5 Å². The third-order valence-corrected chi connectivity index (χ3v) is 5.19. The molecule has 2 heterocycles. The maximum atomic E-state index is 12.8. The number of nitro groups is 1. The van der Waals surface area contributed by atoms with Crippen LogP contribution in [0, 0.1) is 10.1 Å². The summed E-state index contributed by atoms with van der Waals surface area (Å²) in [7, 11) is 0. The minimum atomic E-state index is -0.510. The topological polar surface area (TPSA) is 87.0 Å². The van der Waals surface area contributed by atoms with Crippen molar-refractivity contribution in [3.63, 3.8) is 0 Å². The molecule has 8 nitrogen and oxygen atoms in total. The first-order valence-electron chi connectivity index (χ1n) is 9.61. The van der Waals surface area contributed by atoms with Crippen LogP contribution in [0.5, 0.6) is 0 Å². The third-order valence-electron chi connectivity index (χ3n) is 5.19. The van der Waals surface area contributed by atoms with Gasteiger partial charge in [-0.3, -0.25) is 19.7 Å². The van der Waals surface area contributed by atoms with E-state index in [9.17, 15) is 19.7 Å². The van der Waals surface area contributed by atoms with Gasteiger partial charge in [0.15, 0.2) is 0 Å². The molecule has 0 radical (unpaired) electrons. The lowest BCUT2D eigenvalue weighted by atomic mass is 10.1. The maximum Gasteiger partial charge on any atom is 0.282 e. The number of anilines is 1. The Hall–Kier alpha value is -2.64. The Labute approximate surface area is 158 Å². The quantitative estimate of drug-likeness (QED) is 0.583. The Morgan fingerprint density at radius 3 is 2.56 bits per heavy atom. The molecule has 0 atom stereocenters. The molecule has 3 rings (SSSR count). The van der Waals surface area contributed by atoms with Crippen molar-refractivity contribution in [2.24, 2.45) is 0 Å².